The molecule has 2 fully saturated rings. The van der Waals surface area contributed by atoms with E-state index >= 15 is 0 Å². The summed E-state index contributed by atoms with van der Waals surface area (Å²) in [6.45, 7) is 9.98. The highest BCUT2D eigenvalue weighted by atomic mass is 15.2. The van der Waals surface area contributed by atoms with Crippen molar-refractivity contribution in [1.29, 1.82) is 0 Å². The largest absolute Gasteiger partial charge is 0.298 e. The lowest BCUT2D eigenvalue weighted by atomic mass is 9.70. The molecule has 2 heterocycles. The van der Waals surface area contributed by atoms with Crippen molar-refractivity contribution in [3.63, 3.8) is 0 Å². The standard InChI is InChI=1S/C13H25N/c1-4-6-13-7-5-9-14(13)10-8-12(2,3)11-13/h4-11H2,1-3H3. The molecule has 0 bridgehead atoms. The third kappa shape index (κ3) is 1.71. The van der Waals surface area contributed by atoms with E-state index in [1.54, 1.807) is 0 Å². The second-order valence-corrected chi connectivity index (χ2v) is 6.16. The zero-order valence-corrected chi connectivity index (χ0v) is 10.1. The minimum atomic E-state index is 0.593. The van der Waals surface area contributed by atoms with E-state index in [4.69, 9.17) is 0 Å². The molecule has 14 heavy (non-hydrogen) atoms. The van der Waals surface area contributed by atoms with Gasteiger partial charge in [0.25, 0.3) is 0 Å². The van der Waals surface area contributed by atoms with Crippen LogP contribution in [-0.2, 0) is 0 Å². The highest BCUT2D eigenvalue weighted by Crippen LogP contribution is 2.47. The molecule has 1 unspecified atom stereocenters. The Morgan fingerprint density at radius 3 is 2.64 bits per heavy atom. The quantitative estimate of drug-likeness (QED) is 0.652. The Bertz CT molecular complexity index is 209. The molecular formula is C13H25N. The lowest BCUT2D eigenvalue weighted by Crippen LogP contribution is -2.52. The van der Waals surface area contributed by atoms with Crippen LogP contribution in [0.5, 0.6) is 0 Å². The predicted octanol–water partition coefficient (Wildman–Crippen LogP) is 3.44. The summed E-state index contributed by atoms with van der Waals surface area (Å²) >= 11 is 0. The first-order valence-electron chi connectivity index (χ1n) is 6.33. The Hall–Kier alpha value is -0.0400. The topological polar surface area (TPSA) is 3.24 Å². The van der Waals surface area contributed by atoms with E-state index in [0.29, 0.717) is 11.0 Å². The van der Waals surface area contributed by atoms with Crippen LogP contribution in [0.1, 0.15) is 59.3 Å². The van der Waals surface area contributed by atoms with Crippen LogP contribution in [0.15, 0.2) is 0 Å². The molecule has 0 spiro atoms. The molecule has 82 valence electrons. The van der Waals surface area contributed by atoms with Gasteiger partial charge in [0.05, 0.1) is 0 Å². The van der Waals surface area contributed by atoms with Crippen molar-refractivity contribution in [2.24, 2.45) is 5.41 Å². The minimum absolute atomic E-state index is 0.593. The molecule has 0 saturated carbocycles. The maximum Gasteiger partial charge on any atom is 0.0215 e. The average Bonchev–Trinajstić information content (AvgIpc) is 2.45. The van der Waals surface area contributed by atoms with Crippen molar-refractivity contribution >= 4 is 0 Å². The first-order valence-corrected chi connectivity index (χ1v) is 6.33. The number of hydrogen-bond acceptors (Lipinski definition) is 1. The number of fused-ring (bicyclic) bond motifs is 1. The van der Waals surface area contributed by atoms with Gasteiger partial charge in [0.15, 0.2) is 0 Å². The molecule has 0 N–H and O–H groups in total. The highest BCUT2D eigenvalue weighted by molar-refractivity contribution is 5.02. The molecule has 1 atom stereocenters. The fraction of sp³-hybridized carbons (Fsp3) is 1.00. The zero-order chi connectivity index (χ0) is 10.2. The van der Waals surface area contributed by atoms with Crippen molar-refractivity contribution in [2.75, 3.05) is 13.1 Å². The zero-order valence-electron chi connectivity index (χ0n) is 10.1. The number of nitrogens with zero attached hydrogens (tertiary/aromatic N) is 1. The Kier molecular flexibility index (Phi) is 2.63. The Morgan fingerprint density at radius 2 is 1.93 bits per heavy atom. The van der Waals surface area contributed by atoms with Gasteiger partial charge >= 0.3 is 0 Å². The van der Waals surface area contributed by atoms with Gasteiger partial charge < -0.3 is 0 Å². The Morgan fingerprint density at radius 1 is 1.14 bits per heavy atom. The van der Waals surface area contributed by atoms with Gasteiger partial charge in [-0.3, -0.25) is 4.90 Å². The van der Waals surface area contributed by atoms with Gasteiger partial charge in [-0.1, -0.05) is 27.2 Å². The van der Waals surface area contributed by atoms with Crippen LogP contribution in [0.2, 0.25) is 0 Å². The summed E-state index contributed by atoms with van der Waals surface area (Å²) < 4.78 is 0. The van der Waals surface area contributed by atoms with Crippen molar-refractivity contribution < 1.29 is 0 Å². The summed E-state index contributed by atoms with van der Waals surface area (Å²) in [4.78, 5) is 2.79. The fourth-order valence-electron chi connectivity index (χ4n) is 3.80. The molecule has 0 aromatic rings. The molecule has 0 aromatic heterocycles. The maximum absolute atomic E-state index is 2.79. The smallest absolute Gasteiger partial charge is 0.0215 e. The van der Waals surface area contributed by atoms with Crippen molar-refractivity contribution in [3.05, 3.63) is 0 Å². The minimum Gasteiger partial charge on any atom is -0.298 e. The van der Waals surface area contributed by atoms with Gasteiger partial charge in [-0.2, -0.15) is 0 Å². The van der Waals surface area contributed by atoms with Crippen molar-refractivity contribution in [2.45, 2.75) is 64.8 Å². The third-order valence-electron chi connectivity index (χ3n) is 4.32. The number of rotatable bonds is 2. The predicted molar refractivity (Wildman–Crippen MR) is 61.5 cm³/mol. The Balaban J connectivity index is 2.15. The molecule has 1 nitrogen and oxygen atoms in total. The van der Waals surface area contributed by atoms with E-state index in [1.807, 2.05) is 0 Å². The van der Waals surface area contributed by atoms with Crippen LogP contribution in [0, 0.1) is 5.41 Å². The SMILES string of the molecule is CCCC12CCCN1CCC(C)(C)C2. The summed E-state index contributed by atoms with van der Waals surface area (Å²) in [5.41, 5.74) is 1.20. The van der Waals surface area contributed by atoms with Crippen LogP contribution < -0.4 is 0 Å². The summed E-state index contributed by atoms with van der Waals surface area (Å²) in [5.74, 6) is 0. The van der Waals surface area contributed by atoms with Crippen LogP contribution in [0.3, 0.4) is 0 Å². The van der Waals surface area contributed by atoms with Gasteiger partial charge in [0.2, 0.25) is 0 Å². The molecule has 2 rings (SSSR count). The molecule has 2 saturated heterocycles. The summed E-state index contributed by atoms with van der Waals surface area (Å²) in [6, 6.07) is 0. The highest BCUT2D eigenvalue weighted by Gasteiger charge is 2.46. The van der Waals surface area contributed by atoms with Gasteiger partial charge in [-0.25, -0.2) is 0 Å². The van der Waals surface area contributed by atoms with Gasteiger partial charge in [-0.15, -0.1) is 0 Å². The summed E-state index contributed by atoms with van der Waals surface area (Å²) in [6.07, 6.45) is 8.52. The summed E-state index contributed by atoms with van der Waals surface area (Å²) in [7, 11) is 0. The van der Waals surface area contributed by atoms with E-state index in [1.165, 1.54) is 51.6 Å². The maximum atomic E-state index is 2.79. The van der Waals surface area contributed by atoms with E-state index in [-0.39, 0.29) is 0 Å². The first-order chi connectivity index (χ1) is 6.58. The fourth-order valence-corrected chi connectivity index (χ4v) is 3.80. The van der Waals surface area contributed by atoms with E-state index in [9.17, 15) is 0 Å². The van der Waals surface area contributed by atoms with Crippen molar-refractivity contribution in [1.82, 2.24) is 4.90 Å². The van der Waals surface area contributed by atoms with Crippen LogP contribution in [0.4, 0.5) is 0 Å². The van der Waals surface area contributed by atoms with Crippen molar-refractivity contribution in [3.8, 4) is 0 Å². The molecule has 0 radical (unpaired) electrons. The molecule has 2 aliphatic rings. The molecule has 0 aliphatic carbocycles. The average molecular weight is 195 g/mol. The van der Waals surface area contributed by atoms with E-state index in [0.717, 1.165) is 0 Å². The normalized spacial score (nSPS) is 37.1. The monoisotopic (exact) mass is 195 g/mol. The van der Waals surface area contributed by atoms with Crippen LogP contribution in [-0.4, -0.2) is 23.5 Å². The second-order valence-electron chi connectivity index (χ2n) is 6.16. The molecular weight excluding hydrogens is 170 g/mol. The molecule has 0 amide bonds. The van der Waals surface area contributed by atoms with Gasteiger partial charge in [0.1, 0.15) is 0 Å². The van der Waals surface area contributed by atoms with Crippen LogP contribution >= 0.6 is 0 Å². The second kappa shape index (κ2) is 3.52. The first kappa shape index (κ1) is 10.5. The molecule has 0 aromatic carbocycles. The number of piperidine rings is 1. The van der Waals surface area contributed by atoms with Gasteiger partial charge in [-0.05, 0) is 50.6 Å². The molecule has 1 heteroatoms. The van der Waals surface area contributed by atoms with Gasteiger partial charge in [0, 0.05) is 5.54 Å². The van der Waals surface area contributed by atoms with E-state index in [2.05, 4.69) is 25.7 Å². The third-order valence-corrected chi connectivity index (χ3v) is 4.32. The summed E-state index contributed by atoms with van der Waals surface area (Å²) in [5, 5.41) is 0. The Labute approximate surface area is 88.9 Å². The molecule has 2 aliphatic heterocycles. The lowest BCUT2D eigenvalue weighted by Gasteiger charge is -2.49. The van der Waals surface area contributed by atoms with Crippen LogP contribution in [0.25, 0.3) is 0 Å². The van der Waals surface area contributed by atoms with E-state index < -0.39 is 0 Å². The lowest BCUT2D eigenvalue weighted by molar-refractivity contribution is 0.0145. The number of hydrogen-bond donors (Lipinski definition) is 0.